The van der Waals surface area contributed by atoms with E-state index in [1.54, 1.807) is 60.7 Å². The van der Waals surface area contributed by atoms with Gasteiger partial charge in [0.25, 0.3) is 10.0 Å². The van der Waals surface area contributed by atoms with Gasteiger partial charge in [-0.25, -0.2) is 8.42 Å². The molecule has 2 amide bonds. The second kappa shape index (κ2) is 14.6. The van der Waals surface area contributed by atoms with Gasteiger partial charge in [-0.3, -0.25) is 13.9 Å². The monoisotopic (exact) mass is 611 g/mol. The Bertz CT molecular complexity index is 1440. The topological polar surface area (TPSA) is 96.0 Å². The lowest BCUT2D eigenvalue weighted by Crippen LogP contribution is -2.53. The van der Waals surface area contributed by atoms with Crippen LogP contribution in [-0.2, 0) is 26.2 Å². The summed E-state index contributed by atoms with van der Waals surface area (Å²) in [4.78, 5) is 29.2. The molecule has 0 unspecified atom stereocenters. The largest absolute Gasteiger partial charge is 0.494 e. The van der Waals surface area contributed by atoms with Crippen LogP contribution in [0.2, 0.25) is 5.02 Å². The lowest BCUT2D eigenvalue weighted by Gasteiger charge is -2.34. The molecule has 3 aromatic carbocycles. The number of ether oxygens (including phenoxy) is 1. The first kappa shape index (κ1) is 31.4. The minimum absolute atomic E-state index is 0.0513. The van der Waals surface area contributed by atoms with Crippen LogP contribution in [0.4, 0.5) is 5.69 Å². The Hall–Kier alpha value is -3.56. The van der Waals surface area contributed by atoms with Gasteiger partial charge in [0.15, 0.2) is 0 Å². The van der Waals surface area contributed by atoms with Gasteiger partial charge in [0, 0.05) is 17.6 Å². The maximum absolute atomic E-state index is 14.2. The third-order valence-electron chi connectivity index (χ3n) is 7.43. The zero-order valence-corrected chi connectivity index (χ0v) is 25.6. The first-order valence-electron chi connectivity index (χ1n) is 14.4. The van der Waals surface area contributed by atoms with E-state index in [0.717, 1.165) is 30.0 Å². The summed E-state index contributed by atoms with van der Waals surface area (Å²) < 4.78 is 34.5. The molecule has 10 heteroatoms. The highest BCUT2D eigenvalue weighted by atomic mass is 35.5. The summed E-state index contributed by atoms with van der Waals surface area (Å²) in [6.45, 7) is 3.71. The third-order valence-corrected chi connectivity index (χ3v) is 9.59. The molecule has 0 heterocycles. The number of hydrogen-bond donors (Lipinski definition) is 1. The van der Waals surface area contributed by atoms with Gasteiger partial charge in [-0.1, -0.05) is 67.8 Å². The number of sulfonamides is 1. The van der Waals surface area contributed by atoms with Crippen LogP contribution in [0.1, 0.15) is 51.5 Å². The molecule has 1 saturated carbocycles. The van der Waals surface area contributed by atoms with Gasteiger partial charge in [0.05, 0.1) is 17.2 Å². The van der Waals surface area contributed by atoms with Crippen molar-refractivity contribution in [1.82, 2.24) is 10.2 Å². The first-order valence-corrected chi connectivity index (χ1v) is 16.2. The van der Waals surface area contributed by atoms with Crippen molar-refractivity contribution in [1.29, 1.82) is 0 Å². The summed E-state index contributed by atoms with van der Waals surface area (Å²) in [5.74, 6) is -0.181. The smallest absolute Gasteiger partial charge is 0.264 e. The van der Waals surface area contributed by atoms with E-state index in [1.807, 2.05) is 19.9 Å². The normalized spacial score (nSPS) is 14.3. The van der Waals surface area contributed by atoms with Gasteiger partial charge < -0.3 is 15.0 Å². The minimum atomic E-state index is -4.14. The highest BCUT2D eigenvalue weighted by Gasteiger charge is 2.34. The van der Waals surface area contributed by atoms with Crippen molar-refractivity contribution in [3.8, 4) is 5.75 Å². The number of amides is 2. The van der Waals surface area contributed by atoms with Gasteiger partial charge in [-0.05, 0) is 74.2 Å². The van der Waals surface area contributed by atoms with Crippen molar-refractivity contribution in [2.75, 3.05) is 17.5 Å². The van der Waals surface area contributed by atoms with Crippen LogP contribution in [-0.4, -0.2) is 50.4 Å². The second-order valence-electron chi connectivity index (χ2n) is 10.3. The molecule has 4 rings (SSSR count). The number of halogens is 1. The fraction of sp³-hybridized carbons (Fsp3) is 0.375. The molecule has 3 aromatic rings. The highest BCUT2D eigenvalue weighted by Crippen LogP contribution is 2.28. The summed E-state index contributed by atoms with van der Waals surface area (Å²) in [6.07, 6.45) is 4.27. The summed E-state index contributed by atoms with van der Waals surface area (Å²) >= 11 is 6.48. The number of carbonyl (C=O) groups is 2. The Morgan fingerprint density at radius 3 is 2.21 bits per heavy atom. The van der Waals surface area contributed by atoms with E-state index in [9.17, 15) is 18.0 Å². The summed E-state index contributed by atoms with van der Waals surface area (Å²) in [5.41, 5.74) is 0.968. The van der Waals surface area contributed by atoms with Crippen LogP contribution < -0.4 is 14.4 Å². The molecule has 0 aliphatic heterocycles. The minimum Gasteiger partial charge on any atom is -0.494 e. The Morgan fingerprint density at radius 1 is 0.952 bits per heavy atom. The molecule has 0 saturated heterocycles. The number of benzene rings is 3. The predicted octanol–water partition coefficient (Wildman–Crippen LogP) is 5.80. The zero-order valence-electron chi connectivity index (χ0n) is 24.0. The maximum Gasteiger partial charge on any atom is 0.264 e. The van der Waals surface area contributed by atoms with E-state index in [0.29, 0.717) is 35.1 Å². The molecule has 42 heavy (non-hydrogen) atoms. The fourth-order valence-electron chi connectivity index (χ4n) is 5.22. The van der Waals surface area contributed by atoms with E-state index < -0.39 is 28.5 Å². The molecule has 0 radical (unpaired) electrons. The van der Waals surface area contributed by atoms with E-state index in [1.165, 1.54) is 17.0 Å². The van der Waals surface area contributed by atoms with E-state index in [-0.39, 0.29) is 23.4 Å². The Balaban J connectivity index is 1.71. The summed E-state index contributed by atoms with van der Waals surface area (Å²) in [7, 11) is -4.14. The number of anilines is 1. The van der Waals surface area contributed by atoms with Crippen molar-refractivity contribution < 1.29 is 22.7 Å². The van der Waals surface area contributed by atoms with Gasteiger partial charge in [0.1, 0.15) is 18.3 Å². The number of rotatable bonds is 13. The van der Waals surface area contributed by atoms with Crippen LogP contribution in [0.5, 0.6) is 5.75 Å². The van der Waals surface area contributed by atoms with Crippen LogP contribution in [0.15, 0.2) is 83.8 Å². The molecule has 1 aliphatic carbocycles. The SMILES string of the molecule is CCOc1ccc(N(CC(=O)N(Cc2ccccc2Cl)[C@H](CC)C(=O)NC2CCCC2)S(=O)(=O)c2ccccc2)cc1. The van der Waals surface area contributed by atoms with E-state index in [2.05, 4.69) is 5.32 Å². The van der Waals surface area contributed by atoms with Crippen LogP contribution >= 0.6 is 11.6 Å². The second-order valence-corrected chi connectivity index (χ2v) is 12.5. The van der Waals surface area contributed by atoms with Crippen molar-refractivity contribution in [2.45, 2.75) is 69.5 Å². The van der Waals surface area contributed by atoms with Crippen molar-refractivity contribution in [3.63, 3.8) is 0 Å². The quantitative estimate of drug-likeness (QED) is 0.264. The highest BCUT2D eigenvalue weighted by molar-refractivity contribution is 7.92. The molecule has 8 nitrogen and oxygen atoms in total. The van der Waals surface area contributed by atoms with Gasteiger partial charge in [0.2, 0.25) is 11.8 Å². The van der Waals surface area contributed by atoms with Crippen molar-refractivity contribution in [2.24, 2.45) is 0 Å². The molecule has 1 fully saturated rings. The van der Waals surface area contributed by atoms with E-state index in [4.69, 9.17) is 16.3 Å². The summed E-state index contributed by atoms with van der Waals surface area (Å²) in [6, 6.07) is 20.9. The molecule has 0 aromatic heterocycles. The number of nitrogens with one attached hydrogen (secondary N) is 1. The molecule has 1 N–H and O–H groups in total. The van der Waals surface area contributed by atoms with Crippen molar-refractivity contribution in [3.05, 3.63) is 89.4 Å². The van der Waals surface area contributed by atoms with Crippen LogP contribution in [0.3, 0.4) is 0 Å². The average Bonchev–Trinajstić information content (AvgIpc) is 3.51. The van der Waals surface area contributed by atoms with Gasteiger partial charge in [-0.15, -0.1) is 0 Å². The maximum atomic E-state index is 14.2. The van der Waals surface area contributed by atoms with Crippen molar-refractivity contribution >= 4 is 39.1 Å². The zero-order chi connectivity index (χ0) is 30.1. The van der Waals surface area contributed by atoms with Crippen LogP contribution in [0.25, 0.3) is 0 Å². The lowest BCUT2D eigenvalue weighted by atomic mass is 10.1. The Kier molecular flexibility index (Phi) is 10.9. The molecular formula is C32H38ClN3O5S. The molecule has 1 atom stereocenters. The number of carbonyl (C=O) groups excluding carboxylic acids is 2. The number of nitrogens with zero attached hydrogens (tertiary/aromatic N) is 2. The number of hydrogen-bond acceptors (Lipinski definition) is 5. The first-order chi connectivity index (χ1) is 20.2. The van der Waals surface area contributed by atoms with Crippen LogP contribution in [0, 0.1) is 0 Å². The molecule has 1 aliphatic rings. The molecular weight excluding hydrogens is 574 g/mol. The average molecular weight is 612 g/mol. The third kappa shape index (κ3) is 7.63. The fourth-order valence-corrected chi connectivity index (χ4v) is 6.85. The Morgan fingerprint density at radius 2 is 1.60 bits per heavy atom. The molecule has 0 spiro atoms. The predicted molar refractivity (Wildman–Crippen MR) is 165 cm³/mol. The molecule has 0 bridgehead atoms. The lowest BCUT2D eigenvalue weighted by molar-refractivity contribution is -0.140. The Labute approximate surface area is 253 Å². The summed E-state index contributed by atoms with van der Waals surface area (Å²) in [5, 5.41) is 3.57. The van der Waals surface area contributed by atoms with Gasteiger partial charge >= 0.3 is 0 Å². The molecule has 224 valence electrons. The van der Waals surface area contributed by atoms with Gasteiger partial charge in [-0.2, -0.15) is 0 Å². The van der Waals surface area contributed by atoms with E-state index >= 15 is 0 Å². The standard InChI is InChI=1S/C32H38ClN3O5S/c1-3-30(32(38)34-25-13-9-10-14-25)35(22-24-12-8-11-17-29(24)33)31(37)23-36(26-18-20-27(21-19-26)41-4-2)42(39,40)28-15-6-5-7-16-28/h5-8,11-12,15-21,25,30H,3-4,9-10,13-14,22-23H2,1-2H3,(H,34,38)/t30-/m1/s1.